The minimum atomic E-state index is 0.439. The second kappa shape index (κ2) is 6.44. The van der Waals surface area contributed by atoms with E-state index < -0.39 is 0 Å². The Balaban J connectivity index is 2.46. The van der Waals surface area contributed by atoms with E-state index in [9.17, 15) is 0 Å². The van der Waals surface area contributed by atoms with E-state index >= 15 is 0 Å². The highest BCUT2D eigenvalue weighted by molar-refractivity contribution is 9.10. The van der Waals surface area contributed by atoms with E-state index in [0.717, 1.165) is 17.4 Å². The van der Waals surface area contributed by atoms with Crippen molar-refractivity contribution in [3.8, 4) is 0 Å². The van der Waals surface area contributed by atoms with Crippen molar-refractivity contribution in [3.63, 3.8) is 0 Å². The van der Waals surface area contributed by atoms with Crippen LogP contribution in [0.3, 0.4) is 0 Å². The van der Waals surface area contributed by atoms with Gasteiger partial charge in [0, 0.05) is 16.7 Å². The van der Waals surface area contributed by atoms with E-state index in [1.54, 1.807) is 0 Å². The molecule has 0 heterocycles. The first kappa shape index (κ1) is 14.6. The van der Waals surface area contributed by atoms with E-state index in [1.807, 2.05) is 0 Å². The molecule has 0 radical (unpaired) electrons. The first-order chi connectivity index (χ1) is 7.92. The number of benzene rings is 1. The van der Waals surface area contributed by atoms with Crippen LogP contribution in [-0.2, 0) is 6.42 Å². The maximum absolute atomic E-state index is 3.54. The summed E-state index contributed by atoms with van der Waals surface area (Å²) < 4.78 is 1.16. The predicted octanol–water partition coefficient (Wildman–Crippen LogP) is 5.25. The summed E-state index contributed by atoms with van der Waals surface area (Å²) in [6.45, 7) is 10.1. The molecule has 0 saturated carbocycles. The molecule has 0 aromatic heterocycles. The summed E-state index contributed by atoms with van der Waals surface area (Å²) in [6.07, 6.45) is 3.56. The molecule has 0 bridgehead atoms. The molecule has 1 rings (SSSR count). The Hall–Kier alpha value is -0.500. The maximum Gasteiger partial charge on any atom is 0.0373 e. The molecule has 1 N–H and O–H groups in total. The normalized spacial score (nSPS) is 11.6. The number of hydrogen-bond donors (Lipinski definition) is 1. The van der Waals surface area contributed by atoms with Crippen LogP contribution in [0, 0.1) is 5.41 Å². The van der Waals surface area contributed by atoms with E-state index in [2.05, 4.69) is 67.1 Å². The first-order valence-electron chi connectivity index (χ1n) is 6.44. The number of halogens is 1. The van der Waals surface area contributed by atoms with Crippen molar-refractivity contribution in [3.05, 3.63) is 28.2 Å². The second-order valence-corrected chi connectivity index (χ2v) is 6.66. The van der Waals surface area contributed by atoms with Gasteiger partial charge in [0.2, 0.25) is 0 Å². The summed E-state index contributed by atoms with van der Waals surface area (Å²) in [5.41, 5.74) is 3.11. The third-order valence-corrected chi connectivity index (χ3v) is 3.36. The lowest BCUT2D eigenvalue weighted by atomic mass is 9.90. The molecule has 0 fully saturated rings. The van der Waals surface area contributed by atoms with Crippen LogP contribution >= 0.6 is 15.9 Å². The lowest BCUT2D eigenvalue weighted by Crippen LogP contribution is -2.10. The van der Waals surface area contributed by atoms with Gasteiger partial charge in [-0.25, -0.2) is 0 Å². The fourth-order valence-electron chi connectivity index (χ4n) is 1.87. The highest BCUT2D eigenvalue weighted by atomic mass is 79.9. The molecule has 0 atom stereocenters. The zero-order valence-corrected chi connectivity index (χ0v) is 13.0. The van der Waals surface area contributed by atoms with Gasteiger partial charge >= 0.3 is 0 Å². The molecule has 0 aliphatic heterocycles. The molecule has 1 aromatic carbocycles. The summed E-state index contributed by atoms with van der Waals surface area (Å²) in [7, 11) is 0. The summed E-state index contributed by atoms with van der Waals surface area (Å²) in [5, 5.41) is 3.54. The number of aryl methyl sites for hydroxylation is 1. The largest absolute Gasteiger partial charge is 0.385 e. The van der Waals surface area contributed by atoms with Gasteiger partial charge in [-0.3, -0.25) is 0 Å². The summed E-state index contributed by atoms with van der Waals surface area (Å²) in [6, 6.07) is 6.47. The molecule has 0 saturated heterocycles. The van der Waals surface area contributed by atoms with Gasteiger partial charge in [-0.2, -0.15) is 0 Å². The number of anilines is 1. The summed E-state index contributed by atoms with van der Waals surface area (Å²) in [4.78, 5) is 0. The van der Waals surface area contributed by atoms with Gasteiger partial charge in [-0.1, -0.05) is 43.6 Å². The van der Waals surface area contributed by atoms with E-state index in [0.29, 0.717) is 5.41 Å². The van der Waals surface area contributed by atoms with Gasteiger partial charge in [0.05, 0.1) is 0 Å². The first-order valence-corrected chi connectivity index (χ1v) is 7.24. The van der Waals surface area contributed by atoms with Crippen LogP contribution in [0.1, 0.15) is 46.1 Å². The topological polar surface area (TPSA) is 12.0 Å². The Labute approximate surface area is 114 Å². The molecule has 96 valence electrons. The van der Waals surface area contributed by atoms with Crippen LogP contribution in [0.2, 0.25) is 0 Å². The lowest BCUT2D eigenvalue weighted by Gasteiger charge is -2.18. The highest BCUT2D eigenvalue weighted by Crippen LogP contribution is 2.23. The second-order valence-electron chi connectivity index (χ2n) is 5.75. The van der Waals surface area contributed by atoms with Crippen LogP contribution in [-0.4, -0.2) is 6.54 Å². The van der Waals surface area contributed by atoms with Crippen LogP contribution in [0.4, 0.5) is 5.69 Å². The molecular formula is C15H24BrN. The molecule has 17 heavy (non-hydrogen) atoms. The Bertz CT molecular complexity index is 352. The van der Waals surface area contributed by atoms with E-state index in [-0.39, 0.29) is 0 Å². The predicted molar refractivity (Wildman–Crippen MR) is 80.7 cm³/mol. The van der Waals surface area contributed by atoms with Crippen molar-refractivity contribution in [2.24, 2.45) is 5.41 Å². The highest BCUT2D eigenvalue weighted by Gasteiger charge is 2.09. The smallest absolute Gasteiger partial charge is 0.0373 e. The average Bonchev–Trinajstić information content (AvgIpc) is 2.24. The fraction of sp³-hybridized carbons (Fsp3) is 0.600. The maximum atomic E-state index is 3.54. The van der Waals surface area contributed by atoms with Gasteiger partial charge in [0.25, 0.3) is 0 Å². The third kappa shape index (κ3) is 5.58. The Kier molecular flexibility index (Phi) is 5.51. The molecule has 1 aromatic rings. The molecule has 0 unspecified atom stereocenters. The Morgan fingerprint density at radius 1 is 1.24 bits per heavy atom. The van der Waals surface area contributed by atoms with Gasteiger partial charge < -0.3 is 5.32 Å². The number of rotatable bonds is 5. The van der Waals surface area contributed by atoms with Crippen LogP contribution in [0.25, 0.3) is 0 Å². The van der Waals surface area contributed by atoms with Crippen LogP contribution < -0.4 is 5.32 Å². The summed E-state index contributed by atoms with van der Waals surface area (Å²) >= 11 is 3.52. The quantitative estimate of drug-likeness (QED) is 0.732. The summed E-state index contributed by atoms with van der Waals surface area (Å²) in [5.74, 6) is 0. The number of nitrogens with one attached hydrogen (secondary N) is 1. The molecule has 0 amide bonds. The number of hydrogen-bond acceptors (Lipinski definition) is 1. The standard InChI is InChI=1S/C15H24BrN/c1-5-12-11-13(16)7-8-14(12)17-10-6-9-15(2,3)4/h7-8,11,17H,5-6,9-10H2,1-4H3. The van der Waals surface area contributed by atoms with Crippen molar-refractivity contribution >= 4 is 21.6 Å². The molecule has 2 heteroatoms. The SMILES string of the molecule is CCc1cc(Br)ccc1NCCCC(C)(C)C. The lowest BCUT2D eigenvalue weighted by molar-refractivity contribution is 0.370. The molecular weight excluding hydrogens is 274 g/mol. The van der Waals surface area contributed by atoms with Crippen LogP contribution in [0.15, 0.2) is 22.7 Å². The van der Waals surface area contributed by atoms with Crippen molar-refractivity contribution < 1.29 is 0 Å². The minimum absolute atomic E-state index is 0.439. The molecule has 0 aliphatic rings. The zero-order valence-electron chi connectivity index (χ0n) is 11.4. The molecule has 0 spiro atoms. The van der Waals surface area contributed by atoms with Crippen molar-refractivity contribution in [1.29, 1.82) is 0 Å². The monoisotopic (exact) mass is 297 g/mol. The molecule has 0 aliphatic carbocycles. The Morgan fingerprint density at radius 3 is 2.53 bits per heavy atom. The molecule has 1 nitrogen and oxygen atoms in total. The Morgan fingerprint density at radius 2 is 1.94 bits per heavy atom. The van der Waals surface area contributed by atoms with Gasteiger partial charge in [0.15, 0.2) is 0 Å². The van der Waals surface area contributed by atoms with Crippen molar-refractivity contribution in [2.45, 2.75) is 47.0 Å². The minimum Gasteiger partial charge on any atom is -0.385 e. The van der Waals surface area contributed by atoms with Gasteiger partial charge in [-0.15, -0.1) is 0 Å². The fourth-order valence-corrected chi connectivity index (χ4v) is 2.28. The van der Waals surface area contributed by atoms with Crippen LogP contribution in [0.5, 0.6) is 0 Å². The third-order valence-electron chi connectivity index (χ3n) is 2.87. The van der Waals surface area contributed by atoms with Crippen molar-refractivity contribution in [1.82, 2.24) is 0 Å². The average molecular weight is 298 g/mol. The van der Waals surface area contributed by atoms with Gasteiger partial charge in [0.1, 0.15) is 0 Å². The van der Waals surface area contributed by atoms with Gasteiger partial charge in [-0.05, 0) is 48.4 Å². The van der Waals surface area contributed by atoms with Crippen molar-refractivity contribution in [2.75, 3.05) is 11.9 Å². The van der Waals surface area contributed by atoms with E-state index in [4.69, 9.17) is 0 Å². The zero-order chi connectivity index (χ0) is 12.9. The van der Waals surface area contributed by atoms with E-state index in [1.165, 1.54) is 24.1 Å².